The van der Waals surface area contributed by atoms with E-state index in [2.05, 4.69) is 20.8 Å². The van der Waals surface area contributed by atoms with Crippen LogP contribution in [0.3, 0.4) is 0 Å². The molecule has 2 atom stereocenters. The van der Waals surface area contributed by atoms with E-state index in [1.54, 1.807) is 6.92 Å². The first-order valence-corrected chi connectivity index (χ1v) is 8.53. The smallest absolute Gasteiger partial charge is 0.315 e. The molecule has 0 saturated heterocycles. The second-order valence-electron chi connectivity index (χ2n) is 6.91. The Hall–Kier alpha value is -2.57. The zero-order valence-electron chi connectivity index (χ0n) is 15.0. The predicted molar refractivity (Wildman–Crippen MR) is 92.2 cm³/mol. The fourth-order valence-corrected chi connectivity index (χ4v) is 3.09. The van der Waals surface area contributed by atoms with Gasteiger partial charge in [-0.1, -0.05) is 30.3 Å². The molecule has 1 aromatic carbocycles. The summed E-state index contributed by atoms with van der Waals surface area (Å²) < 4.78 is 11.0. The first-order valence-electron chi connectivity index (χ1n) is 8.53. The maximum Gasteiger partial charge on any atom is 0.315 e. The van der Waals surface area contributed by atoms with Gasteiger partial charge in [0.05, 0.1) is 12.1 Å². The molecule has 0 fully saturated rings. The Balaban J connectivity index is 1.72. The number of urea groups is 1. The SMILES string of the molecule is CC[C@@H](NC(=O)N[C@H]1CC(C)(C)Oc2ccccc21)c1noc(C)n1. The normalized spacial score (nSPS) is 19.4. The van der Waals surface area contributed by atoms with E-state index in [9.17, 15) is 4.79 Å². The van der Waals surface area contributed by atoms with Crippen LogP contribution in [0.5, 0.6) is 5.75 Å². The van der Waals surface area contributed by atoms with E-state index in [0.29, 0.717) is 24.6 Å². The van der Waals surface area contributed by atoms with Crippen LogP contribution in [0.15, 0.2) is 28.8 Å². The molecule has 0 radical (unpaired) electrons. The molecule has 0 spiro atoms. The Morgan fingerprint density at radius 1 is 1.40 bits per heavy atom. The summed E-state index contributed by atoms with van der Waals surface area (Å²) in [5, 5.41) is 9.88. The van der Waals surface area contributed by atoms with E-state index in [1.807, 2.05) is 45.0 Å². The average molecular weight is 344 g/mol. The fraction of sp³-hybridized carbons (Fsp3) is 0.500. The minimum absolute atomic E-state index is 0.121. The van der Waals surface area contributed by atoms with E-state index >= 15 is 0 Å². The van der Waals surface area contributed by atoms with E-state index in [4.69, 9.17) is 9.26 Å². The molecular formula is C18H24N4O3. The van der Waals surface area contributed by atoms with Crippen LogP contribution in [0.2, 0.25) is 0 Å². The van der Waals surface area contributed by atoms with Gasteiger partial charge in [0, 0.05) is 18.9 Å². The molecule has 7 heteroatoms. The number of nitrogens with one attached hydrogen (secondary N) is 2. The van der Waals surface area contributed by atoms with Crippen LogP contribution in [-0.2, 0) is 0 Å². The summed E-state index contributed by atoms with van der Waals surface area (Å²) in [4.78, 5) is 16.7. The Morgan fingerprint density at radius 3 is 2.84 bits per heavy atom. The van der Waals surface area contributed by atoms with Crippen molar-refractivity contribution in [3.63, 3.8) is 0 Å². The van der Waals surface area contributed by atoms with Gasteiger partial charge in [-0.15, -0.1) is 0 Å². The molecular weight excluding hydrogens is 320 g/mol. The predicted octanol–water partition coefficient (Wildman–Crippen LogP) is 3.43. The number of benzene rings is 1. The molecule has 0 aliphatic carbocycles. The first-order chi connectivity index (χ1) is 11.9. The molecule has 1 aliphatic heterocycles. The molecule has 134 valence electrons. The molecule has 2 aromatic rings. The third kappa shape index (κ3) is 3.92. The second kappa shape index (κ2) is 6.74. The zero-order valence-corrected chi connectivity index (χ0v) is 15.0. The summed E-state index contributed by atoms with van der Waals surface area (Å²) in [5.74, 6) is 1.78. The van der Waals surface area contributed by atoms with Crippen molar-refractivity contribution >= 4 is 6.03 Å². The Labute approximate surface area is 147 Å². The van der Waals surface area contributed by atoms with Crippen molar-refractivity contribution in [2.75, 3.05) is 0 Å². The van der Waals surface area contributed by atoms with Gasteiger partial charge >= 0.3 is 6.03 Å². The van der Waals surface area contributed by atoms with Crippen LogP contribution in [0.25, 0.3) is 0 Å². The van der Waals surface area contributed by atoms with Crippen LogP contribution < -0.4 is 15.4 Å². The highest BCUT2D eigenvalue weighted by atomic mass is 16.5. The zero-order chi connectivity index (χ0) is 18.0. The molecule has 0 saturated carbocycles. The number of aromatic nitrogens is 2. The molecule has 2 amide bonds. The molecule has 0 unspecified atom stereocenters. The van der Waals surface area contributed by atoms with Crippen LogP contribution in [0.4, 0.5) is 4.79 Å². The lowest BCUT2D eigenvalue weighted by atomic mass is 9.90. The van der Waals surface area contributed by atoms with Gasteiger partial charge in [-0.2, -0.15) is 4.98 Å². The maximum atomic E-state index is 12.5. The standard InChI is InChI=1S/C18H24N4O3/c1-5-13(16-19-11(2)25-22-16)20-17(23)21-14-10-18(3,4)24-15-9-7-6-8-12(14)15/h6-9,13-14H,5,10H2,1-4H3,(H2,20,21,23)/t13-,14+/m1/s1. The Kier molecular flexibility index (Phi) is 4.65. The molecule has 0 bridgehead atoms. The molecule has 2 heterocycles. The van der Waals surface area contributed by atoms with Crippen LogP contribution in [-0.4, -0.2) is 21.8 Å². The van der Waals surface area contributed by atoms with Gasteiger partial charge in [0.1, 0.15) is 11.4 Å². The van der Waals surface area contributed by atoms with Crippen LogP contribution in [0, 0.1) is 6.92 Å². The molecule has 7 nitrogen and oxygen atoms in total. The quantitative estimate of drug-likeness (QED) is 0.887. The summed E-state index contributed by atoms with van der Waals surface area (Å²) in [6, 6.07) is 7.12. The highest BCUT2D eigenvalue weighted by Crippen LogP contribution is 2.39. The lowest BCUT2D eigenvalue weighted by Crippen LogP contribution is -2.45. The monoisotopic (exact) mass is 344 g/mol. The topological polar surface area (TPSA) is 89.3 Å². The summed E-state index contributed by atoms with van der Waals surface area (Å²) in [5.41, 5.74) is 0.641. The lowest BCUT2D eigenvalue weighted by Gasteiger charge is -2.38. The van der Waals surface area contributed by atoms with Gasteiger partial charge in [0.25, 0.3) is 0 Å². The molecule has 3 rings (SSSR count). The van der Waals surface area contributed by atoms with E-state index in [-0.39, 0.29) is 23.7 Å². The van der Waals surface area contributed by atoms with Crippen molar-refractivity contribution in [3.8, 4) is 5.75 Å². The number of carbonyl (C=O) groups is 1. The summed E-state index contributed by atoms with van der Waals surface area (Å²) in [6.07, 6.45) is 1.36. The van der Waals surface area contributed by atoms with Gasteiger partial charge in [-0.25, -0.2) is 4.79 Å². The van der Waals surface area contributed by atoms with E-state index < -0.39 is 0 Å². The maximum absolute atomic E-state index is 12.5. The molecule has 2 N–H and O–H groups in total. The molecule has 1 aromatic heterocycles. The highest BCUT2D eigenvalue weighted by Gasteiger charge is 2.34. The number of amides is 2. The number of hydrogen-bond donors (Lipinski definition) is 2. The van der Waals surface area contributed by atoms with E-state index in [0.717, 1.165) is 11.3 Å². The molecule has 1 aliphatic rings. The summed E-state index contributed by atoms with van der Waals surface area (Å²) in [7, 11) is 0. The van der Waals surface area contributed by atoms with Crippen molar-refractivity contribution < 1.29 is 14.1 Å². The van der Waals surface area contributed by atoms with Crippen LogP contribution >= 0.6 is 0 Å². The van der Waals surface area contributed by atoms with Gasteiger partial charge < -0.3 is 19.9 Å². The van der Waals surface area contributed by atoms with Gasteiger partial charge in [0.2, 0.25) is 5.89 Å². The molecule has 25 heavy (non-hydrogen) atoms. The van der Waals surface area contributed by atoms with Gasteiger partial charge in [0.15, 0.2) is 5.82 Å². The largest absolute Gasteiger partial charge is 0.487 e. The number of ether oxygens (including phenoxy) is 1. The highest BCUT2D eigenvalue weighted by molar-refractivity contribution is 5.75. The van der Waals surface area contributed by atoms with Crippen LogP contribution in [0.1, 0.15) is 63.0 Å². The first kappa shape index (κ1) is 17.3. The summed E-state index contributed by atoms with van der Waals surface area (Å²) >= 11 is 0. The Morgan fingerprint density at radius 2 is 2.16 bits per heavy atom. The number of hydrogen-bond acceptors (Lipinski definition) is 5. The third-order valence-corrected chi connectivity index (χ3v) is 4.25. The van der Waals surface area contributed by atoms with E-state index in [1.165, 1.54) is 0 Å². The fourth-order valence-electron chi connectivity index (χ4n) is 3.09. The third-order valence-electron chi connectivity index (χ3n) is 4.25. The Bertz CT molecular complexity index is 756. The minimum atomic E-state index is -0.346. The second-order valence-corrected chi connectivity index (χ2v) is 6.91. The number of fused-ring (bicyclic) bond motifs is 1. The van der Waals surface area contributed by atoms with Crippen molar-refractivity contribution in [2.24, 2.45) is 0 Å². The summed E-state index contributed by atoms with van der Waals surface area (Å²) in [6.45, 7) is 7.73. The van der Waals surface area contributed by atoms with Gasteiger partial charge in [-0.3, -0.25) is 0 Å². The average Bonchev–Trinajstić information content (AvgIpc) is 2.98. The number of aryl methyl sites for hydroxylation is 1. The number of para-hydroxylation sites is 1. The van der Waals surface area contributed by atoms with Gasteiger partial charge in [-0.05, 0) is 26.3 Å². The minimum Gasteiger partial charge on any atom is -0.487 e. The number of carbonyl (C=O) groups excluding carboxylic acids is 1. The lowest BCUT2D eigenvalue weighted by molar-refractivity contribution is 0.0678. The van der Waals surface area contributed by atoms with Crippen molar-refractivity contribution in [1.29, 1.82) is 0 Å². The van der Waals surface area contributed by atoms with Crippen molar-refractivity contribution in [2.45, 2.75) is 58.2 Å². The van der Waals surface area contributed by atoms with Crippen molar-refractivity contribution in [3.05, 3.63) is 41.5 Å². The number of rotatable bonds is 4. The van der Waals surface area contributed by atoms with Crippen molar-refractivity contribution in [1.82, 2.24) is 20.8 Å². The number of nitrogens with zero attached hydrogens (tertiary/aromatic N) is 2.